The van der Waals surface area contributed by atoms with Gasteiger partial charge in [-0.15, -0.1) is 0 Å². The molecule has 0 saturated carbocycles. The first-order valence-corrected chi connectivity index (χ1v) is 13.6. The molecule has 3 amide bonds. The molecule has 10 nitrogen and oxygen atoms in total. The predicted octanol–water partition coefficient (Wildman–Crippen LogP) is 3.93. The van der Waals surface area contributed by atoms with Crippen LogP contribution in [0.25, 0.3) is 0 Å². The Morgan fingerprint density at radius 2 is 1.93 bits per heavy atom. The number of ether oxygens (including phenoxy) is 1. The Hall–Kier alpha value is -4.50. The molecule has 2 aromatic carbocycles. The van der Waals surface area contributed by atoms with Gasteiger partial charge in [0.1, 0.15) is 23.6 Å². The van der Waals surface area contributed by atoms with Crippen LogP contribution in [0.15, 0.2) is 42.5 Å². The number of aromatic nitrogens is 2. The zero-order valence-electron chi connectivity index (χ0n) is 23.0. The van der Waals surface area contributed by atoms with Crippen LogP contribution in [0.1, 0.15) is 63.1 Å². The van der Waals surface area contributed by atoms with Crippen LogP contribution in [0.5, 0.6) is 5.75 Å². The van der Waals surface area contributed by atoms with Crippen molar-refractivity contribution < 1.29 is 27.9 Å². The third-order valence-electron chi connectivity index (χ3n) is 7.75. The number of hydrogen-bond donors (Lipinski definition) is 1. The molecule has 13 heteroatoms. The Labute approximate surface area is 245 Å². The molecule has 3 aromatic rings. The molecular formula is C29H27ClF2N6O4. The number of nitrogens with zero attached hydrogens (tertiary/aromatic N) is 5. The molecule has 1 N–H and O–H groups in total. The average Bonchev–Trinajstić information content (AvgIpc) is 3.33. The van der Waals surface area contributed by atoms with E-state index in [2.05, 4.69) is 15.2 Å². The number of benzene rings is 2. The molecule has 1 aromatic heterocycles. The first-order valence-electron chi connectivity index (χ1n) is 13.2. The van der Waals surface area contributed by atoms with Crippen LogP contribution in [0.2, 0.25) is 5.02 Å². The summed E-state index contributed by atoms with van der Waals surface area (Å²) in [5, 5.41) is 16.9. The van der Waals surface area contributed by atoms with E-state index in [0.717, 1.165) is 0 Å². The van der Waals surface area contributed by atoms with Crippen molar-refractivity contribution in [3.8, 4) is 11.8 Å². The van der Waals surface area contributed by atoms with Crippen molar-refractivity contribution in [2.75, 3.05) is 7.05 Å². The van der Waals surface area contributed by atoms with E-state index in [0.29, 0.717) is 28.8 Å². The lowest BCUT2D eigenvalue weighted by molar-refractivity contribution is -0.126. The zero-order chi connectivity index (χ0) is 30.3. The number of rotatable bonds is 6. The number of hydrogen-bond acceptors (Lipinski definition) is 6. The molecule has 2 aliphatic heterocycles. The van der Waals surface area contributed by atoms with Crippen LogP contribution in [0.3, 0.4) is 0 Å². The van der Waals surface area contributed by atoms with Gasteiger partial charge >= 0.3 is 6.61 Å². The number of likely N-dealkylation sites (N-methyl/N-ethyl adjacent to an activating group) is 1. The molecule has 0 spiro atoms. The van der Waals surface area contributed by atoms with Gasteiger partial charge in [0.15, 0.2) is 0 Å². The summed E-state index contributed by atoms with van der Waals surface area (Å²) < 4.78 is 31.2. The van der Waals surface area contributed by atoms with E-state index in [9.17, 15) is 28.4 Å². The highest BCUT2D eigenvalue weighted by Crippen LogP contribution is 2.35. The normalized spacial score (nSPS) is 18.7. The van der Waals surface area contributed by atoms with Gasteiger partial charge in [-0.2, -0.15) is 19.1 Å². The molecule has 0 fully saturated rings. The Bertz CT molecular complexity index is 1600. The summed E-state index contributed by atoms with van der Waals surface area (Å²) in [5.74, 6) is -1.16. The number of carbonyl (C=O) groups is 3. The summed E-state index contributed by atoms with van der Waals surface area (Å²) >= 11 is 6.05. The summed E-state index contributed by atoms with van der Waals surface area (Å²) in [6.45, 7) is 0.859. The molecule has 218 valence electrons. The standard InChI is InChI=1S/C29H27ClF2N6O4/c1-15-10-23-21(13-36(15)27(40)18-6-9-22(30)19(11-18)12-33)25-28(41)38(24(26(39)34-3)14-37(25)35-23)16(2)17-4-7-20(8-5-17)42-29(31)32/h4-9,11,15-16,24,29H,10,13-14H2,1-3H3,(H,34,39)/t15-,16+,24+/m1/s1. The summed E-state index contributed by atoms with van der Waals surface area (Å²) in [6.07, 6.45) is 0.388. The second-order valence-corrected chi connectivity index (χ2v) is 10.6. The van der Waals surface area contributed by atoms with Gasteiger partial charge in [-0.3, -0.25) is 19.1 Å². The number of alkyl halides is 2. The summed E-state index contributed by atoms with van der Waals surface area (Å²) in [4.78, 5) is 43.8. The fraction of sp³-hybridized carbons (Fsp3) is 0.345. The van der Waals surface area contributed by atoms with Crippen LogP contribution in [0.4, 0.5) is 8.78 Å². The molecule has 0 bridgehead atoms. The van der Waals surface area contributed by atoms with E-state index < -0.39 is 24.6 Å². The van der Waals surface area contributed by atoms with Crippen LogP contribution in [0, 0.1) is 11.3 Å². The second kappa shape index (κ2) is 11.4. The zero-order valence-corrected chi connectivity index (χ0v) is 23.7. The first-order chi connectivity index (χ1) is 20.0. The molecular weight excluding hydrogens is 570 g/mol. The van der Waals surface area contributed by atoms with Crippen molar-refractivity contribution in [2.45, 2.75) is 58.1 Å². The topological polar surface area (TPSA) is 121 Å². The molecule has 5 rings (SSSR count). The summed E-state index contributed by atoms with van der Waals surface area (Å²) in [7, 11) is 1.48. The monoisotopic (exact) mass is 596 g/mol. The molecule has 0 radical (unpaired) electrons. The number of nitriles is 1. The third-order valence-corrected chi connectivity index (χ3v) is 8.08. The molecule has 3 heterocycles. The Morgan fingerprint density at radius 3 is 2.57 bits per heavy atom. The molecule has 42 heavy (non-hydrogen) atoms. The van der Waals surface area contributed by atoms with Crippen molar-refractivity contribution in [3.05, 3.63) is 81.1 Å². The summed E-state index contributed by atoms with van der Waals surface area (Å²) in [5.41, 5.74) is 2.64. The maximum Gasteiger partial charge on any atom is 0.387 e. The lowest BCUT2D eigenvalue weighted by Gasteiger charge is -2.39. The first kappa shape index (κ1) is 29.0. The molecule has 2 aliphatic rings. The number of fused-ring (bicyclic) bond motifs is 3. The van der Waals surface area contributed by atoms with Crippen LogP contribution in [-0.2, 0) is 24.3 Å². The van der Waals surface area contributed by atoms with E-state index in [1.54, 1.807) is 30.0 Å². The van der Waals surface area contributed by atoms with Gasteiger partial charge in [-0.1, -0.05) is 23.7 Å². The maximum absolute atomic E-state index is 14.2. The molecule has 0 saturated heterocycles. The van der Waals surface area contributed by atoms with Crippen molar-refractivity contribution in [1.29, 1.82) is 5.26 Å². The minimum atomic E-state index is -2.97. The Kier molecular flexibility index (Phi) is 7.88. The number of halogens is 3. The Balaban J connectivity index is 1.49. The van der Waals surface area contributed by atoms with Gasteiger partial charge in [0.25, 0.3) is 11.8 Å². The number of carbonyl (C=O) groups excluding carboxylic acids is 3. The number of nitrogens with one attached hydrogen (secondary N) is 1. The van der Waals surface area contributed by atoms with E-state index >= 15 is 0 Å². The van der Waals surface area contributed by atoms with Crippen molar-refractivity contribution >= 4 is 29.3 Å². The fourth-order valence-electron chi connectivity index (χ4n) is 5.57. The van der Waals surface area contributed by atoms with Gasteiger partial charge in [-0.25, -0.2) is 0 Å². The van der Waals surface area contributed by atoms with Crippen LogP contribution < -0.4 is 10.1 Å². The van der Waals surface area contributed by atoms with Gasteiger partial charge in [0.2, 0.25) is 5.91 Å². The molecule has 3 atom stereocenters. The molecule has 0 aliphatic carbocycles. The van der Waals surface area contributed by atoms with Crippen LogP contribution >= 0.6 is 11.6 Å². The average molecular weight is 597 g/mol. The second-order valence-electron chi connectivity index (χ2n) is 10.2. The Morgan fingerprint density at radius 1 is 1.21 bits per heavy atom. The molecule has 0 unspecified atom stereocenters. The largest absolute Gasteiger partial charge is 0.435 e. The van der Waals surface area contributed by atoms with E-state index in [1.807, 2.05) is 13.0 Å². The van der Waals surface area contributed by atoms with E-state index in [4.69, 9.17) is 11.6 Å². The van der Waals surface area contributed by atoms with Crippen LogP contribution in [-0.4, -0.2) is 63.0 Å². The highest BCUT2D eigenvalue weighted by Gasteiger charge is 2.44. The van der Waals surface area contributed by atoms with E-state index in [-0.39, 0.29) is 53.0 Å². The van der Waals surface area contributed by atoms with Gasteiger partial charge in [-0.05, 0) is 49.7 Å². The van der Waals surface area contributed by atoms with Crippen molar-refractivity contribution in [3.63, 3.8) is 0 Å². The smallest absolute Gasteiger partial charge is 0.387 e. The van der Waals surface area contributed by atoms with E-state index in [1.165, 1.54) is 40.9 Å². The lowest BCUT2D eigenvalue weighted by Crippen LogP contribution is -2.55. The van der Waals surface area contributed by atoms with Gasteiger partial charge in [0.05, 0.1) is 35.4 Å². The van der Waals surface area contributed by atoms with Crippen molar-refractivity contribution in [1.82, 2.24) is 24.9 Å². The quantitative estimate of drug-likeness (QED) is 0.460. The third kappa shape index (κ3) is 5.16. The minimum Gasteiger partial charge on any atom is -0.435 e. The fourth-order valence-corrected chi connectivity index (χ4v) is 5.73. The number of amides is 3. The highest BCUT2D eigenvalue weighted by molar-refractivity contribution is 6.31. The highest BCUT2D eigenvalue weighted by atomic mass is 35.5. The maximum atomic E-state index is 14.2. The minimum absolute atomic E-state index is 0.0256. The van der Waals surface area contributed by atoms with Gasteiger partial charge in [0, 0.05) is 30.6 Å². The predicted molar refractivity (Wildman–Crippen MR) is 147 cm³/mol. The lowest BCUT2D eigenvalue weighted by atomic mass is 9.95. The SMILES string of the molecule is CNC(=O)[C@@H]1Cn2nc3c(c2C(=O)N1[C@@H](C)c1ccc(OC(F)F)cc1)CN(C(=O)c1ccc(Cl)c(C#N)c1)[C@H](C)C3. The van der Waals surface area contributed by atoms with Gasteiger partial charge < -0.3 is 19.9 Å². The van der Waals surface area contributed by atoms with Crippen molar-refractivity contribution in [2.24, 2.45) is 0 Å². The summed E-state index contributed by atoms with van der Waals surface area (Å²) in [6, 6.07) is 10.6.